The summed E-state index contributed by atoms with van der Waals surface area (Å²) in [7, 11) is -2.71. The quantitative estimate of drug-likeness (QED) is 0.847. The number of nitrogens with one attached hydrogen (secondary N) is 1. The molecule has 0 aliphatic rings. The Morgan fingerprint density at radius 1 is 1.36 bits per heavy atom. The molecule has 118 valence electrons. The van der Waals surface area contributed by atoms with Crippen molar-refractivity contribution in [2.75, 3.05) is 7.11 Å². The minimum atomic E-state index is -3.89. The number of sulfonamides is 1. The van der Waals surface area contributed by atoms with Gasteiger partial charge in [0.2, 0.25) is 10.0 Å². The summed E-state index contributed by atoms with van der Waals surface area (Å²) in [5, 5.41) is 1.49. The highest BCUT2D eigenvalue weighted by molar-refractivity contribution is 7.89. The second-order valence-electron chi connectivity index (χ2n) is 4.51. The minimum Gasteiger partial charge on any atom is -0.465 e. The normalized spacial score (nSPS) is 11.4. The smallest absolute Gasteiger partial charge is 0.349 e. The number of rotatable bonds is 5. The molecule has 1 aromatic heterocycles. The lowest BCUT2D eigenvalue weighted by Gasteiger charge is -2.08. The zero-order valence-corrected chi connectivity index (χ0v) is 13.6. The molecule has 1 heterocycles. The molecule has 0 unspecified atom stereocenters. The molecule has 0 atom stereocenters. The first-order chi connectivity index (χ1) is 10.3. The van der Waals surface area contributed by atoms with Gasteiger partial charge in [0.1, 0.15) is 15.6 Å². The second kappa shape index (κ2) is 6.55. The van der Waals surface area contributed by atoms with Crippen LogP contribution in [0.25, 0.3) is 0 Å². The number of thiophene rings is 1. The molecule has 0 aliphatic carbocycles. The molecule has 0 radical (unpaired) electrons. The topological polar surface area (TPSA) is 72.5 Å². The summed E-state index contributed by atoms with van der Waals surface area (Å²) in [6.07, 6.45) is 0. The van der Waals surface area contributed by atoms with Gasteiger partial charge in [0, 0.05) is 6.54 Å². The summed E-state index contributed by atoms with van der Waals surface area (Å²) in [4.78, 5) is 11.4. The standard InChI is InChI=1S/C14H14FNO4S2/c1-9-3-4-10(7-11(9)15)8-16-22(18,19)12-5-6-21-13(12)14(17)20-2/h3-7,16H,8H2,1-2H3. The van der Waals surface area contributed by atoms with Gasteiger partial charge in [-0.1, -0.05) is 12.1 Å². The molecule has 2 aromatic rings. The van der Waals surface area contributed by atoms with Crippen molar-refractivity contribution in [2.45, 2.75) is 18.4 Å². The molecule has 0 aliphatic heterocycles. The van der Waals surface area contributed by atoms with Crippen molar-refractivity contribution in [1.29, 1.82) is 0 Å². The van der Waals surface area contributed by atoms with Crippen LogP contribution in [0.15, 0.2) is 34.5 Å². The number of benzene rings is 1. The number of aryl methyl sites for hydroxylation is 1. The molecule has 0 amide bonds. The monoisotopic (exact) mass is 343 g/mol. The Hall–Kier alpha value is -1.77. The Bertz CT molecular complexity index is 799. The van der Waals surface area contributed by atoms with E-state index in [2.05, 4.69) is 9.46 Å². The van der Waals surface area contributed by atoms with E-state index >= 15 is 0 Å². The van der Waals surface area contributed by atoms with Gasteiger partial charge in [-0.2, -0.15) is 0 Å². The van der Waals surface area contributed by atoms with Gasteiger partial charge < -0.3 is 4.74 Å². The molecule has 1 N–H and O–H groups in total. The third-order valence-electron chi connectivity index (χ3n) is 2.99. The van der Waals surface area contributed by atoms with E-state index in [1.807, 2.05) is 0 Å². The van der Waals surface area contributed by atoms with Crippen LogP contribution in [0.3, 0.4) is 0 Å². The summed E-state index contributed by atoms with van der Waals surface area (Å²) in [6, 6.07) is 5.81. The van der Waals surface area contributed by atoms with E-state index in [1.165, 1.54) is 24.6 Å². The first kappa shape index (κ1) is 16.6. The Balaban J connectivity index is 2.20. The average molecular weight is 343 g/mol. The van der Waals surface area contributed by atoms with E-state index in [4.69, 9.17) is 0 Å². The first-order valence-electron chi connectivity index (χ1n) is 6.25. The van der Waals surface area contributed by atoms with Crippen LogP contribution in [0.2, 0.25) is 0 Å². The van der Waals surface area contributed by atoms with Crippen LogP contribution in [0, 0.1) is 12.7 Å². The van der Waals surface area contributed by atoms with Crippen LogP contribution < -0.4 is 4.72 Å². The maximum absolute atomic E-state index is 13.5. The molecule has 5 nitrogen and oxygen atoms in total. The van der Waals surface area contributed by atoms with Crippen molar-refractivity contribution in [3.05, 3.63) is 51.5 Å². The number of esters is 1. The van der Waals surface area contributed by atoms with Crippen LogP contribution >= 0.6 is 11.3 Å². The highest BCUT2D eigenvalue weighted by Crippen LogP contribution is 2.23. The Morgan fingerprint density at radius 3 is 2.73 bits per heavy atom. The fourth-order valence-electron chi connectivity index (χ4n) is 1.75. The van der Waals surface area contributed by atoms with Gasteiger partial charge in [0.25, 0.3) is 0 Å². The molecule has 1 aromatic carbocycles. The molecule has 0 bridgehead atoms. The molecule has 0 fully saturated rings. The lowest BCUT2D eigenvalue weighted by Crippen LogP contribution is -2.24. The van der Waals surface area contributed by atoms with Gasteiger partial charge in [-0.15, -0.1) is 11.3 Å². The van der Waals surface area contributed by atoms with Crippen LogP contribution in [0.4, 0.5) is 4.39 Å². The van der Waals surface area contributed by atoms with E-state index in [-0.39, 0.29) is 16.3 Å². The second-order valence-corrected chi connectivity index (χ2v) is 7.17. The third kappa shape index (κ3) is 3.52. The largest absolute Gasteiger partial charge is 0.465 e. The molecular formula is C14H14FNO4S2. The number of carbonyl (C=O) groups is 1. The maximum atomic E-state index is 13.5. The van der Waals surface area contributed by atoms with Crippen molar-refractivity contribution >= 4 is 27.3 Å². The van der Waals surface area contributed by atoms with Crippen molar-refractivity contribution in [3.8, 4) is 0 Å². The predicted octanol–water partition coefficient (Wildman–Crippen LogP) is 2.46. The summed E-state index contributed by atoms with van der Waals surface area (Å²) in [5.74, 6) is -1.11. The number of hydrogen-bond acceptors (Lipinski definition) is 5. The molecule has 0 spiro atoms. The zero-order chi connectivity index (χ0) is 16.3. The van der Waals surface area contributed by atoms with E-state index < -0.39 is 21.8 Å². The average Bonchev–Trinajstić information content (AvgIpc) is 2.98. The number of methoxy groups -OCH3 is 1. The lowest BCUT2D eigenvalue weighted by molar-refractivity contribution is 0.0602. The number of carbonyl (C=O) groups excluding carboxylic acids is 1. The molecule has 8 heteroatoms. The minimum absolute atomic E-state index is 0.00471. The van der Waals surface area contributed by atoms with Gasteiger partial charge in [-0.25, -0.2) is 22.3 Å². The van der Waals surface area contributed by atoms with Crippen LogP contribution in [0.1, 0.15) is 20.8 Å². The Kier molecular flexibility index (Phi) is 4.94. The molecule has 22 heavy (non-hydrogen) atoms. The van der Waals surface area contributed by atoms with Crippen LogP contribution in [-0.2, 0) is 21.3 Å². The SMILES string of the molecule is COC(=O)c1sccc1S(=O)(=O)NCc1ccc(C)c(F)c1. The van der Waals surface area contributed by atoms with Crippen LogP contribution in [-0.4, -0.2) is 21.5 Å². The van der Waals surface area contributed by atoms with Gasteiger partial charge in [-0.05, 0) is 35.6 Å². The molecule has 0 saturated carbocycles. The van der Waals surface area contributed by atoms with Gasteiger partial charge in [-0.3, -0.25) is 0 Å². The predicted molar refractivity (Wildman–Crippen MR) is 80.8 cm³/mol. The van der Waals surface area contributed by atoms with E-state index in [9.17, 15) is 17.6 Å². The van der Waals surface area contributed by atoms with Crippen molar-refractivity contribution in [2.24, 2.45) is 0 Å². The molecule has 0 saturated heterocycles. The lowest BCUT2D eigenvalue weighted by atomic mass is 10.1. The van der Waals surface area contributed by atoms with Gasteiger partial charge in [0.05, 0.1) is 7.11 Å². The van der Waals surface area contributed by atoms with E-state index in [0.717, 1.165) is 11.3 Å². The van der Waals surface area contributed by atoms with Crippen molar-refractivity contribution in [1.82, 2.24) is 4.72 Å². The fourth-order valence-corrected chi connectivity index (χ4v) is 4.10. The number of ether oxygens (including phenoxy) is 1. The maximum Gasteiger partial charge on any atom is 0.349 e. The Labute approximate surface area is 131 Å². The first-order valence-corrected chi connectivity index (χ1v) is 8.62. The number of halogens is 1. The fraction of sp³-hybridized carbons (Fsp3) is 0.214. The van der Waals surface area contributed by atoms with Gasteiger partial charge >= 0.3 is 5.97 Å². The van der Waals surface area contributed by atoms with Crippen molar-refractivity contribution in [3.63, 3.8) is 0 Å². The summed E-state index contributed by atoms with van der Waals surface area (Å²) in [5.41, 5.74) is 0.971. The third-order valence-corrected chi connectivity index (χ3v) is 5.46. The highest BCUT2D eigenvalue weighted by Gasteiger charge is 2.24. The van der Waals surface area contributed by atoms with E-state index in [1.54, 1.807) is 19.1 Å². The van der Waals surface area contributed by atoms with Crippen LogP contribution in [0.5, 0.6) is 0 Å². The number of hydrogen-bond donors (Lipinski definition) is 1. The van der Waals surface area contributed by atoms with Gasteiger partial charge in [0.15, 0.2) is 0 Å². The van der Waals surface area contributed by atoms with Crippen molar-refractivity contribution < 1.29 is 22.3 Å². The zero-order valence-electron chi connectivity index (χ0n) is 11.9. The Morgan fingerprint density at radius 2 is 2.09 bits per heavy atom. The molecule has 2 rings (SSSR count). The summed E-state index contributed by atoms with van der Waals surface area (Å²) < 4.78 is 44.9. The summed E-state index contributed by atoms with van der Waals surface area (Å²) >= 11 is 0.981. The highest BCUT2D eigenvalue weighted by atomic mass is 32.2. The summed E-state index contributed by atoms with van der Waals surface area (Å²) in [6.45, 7) is 1.55. The molecular weight excluding hydrogens is 329 g/mol. The van der Waals surface area contributed by atoms with E-state index in [0.29, 0.717) is 11.1 Å².